The number of carbonyl (C=O) groups excluding carboxylic acids is 1. The maximum absolute atomic E-state index is 13.6. The second-order valence-corrected chi connectivity index (χ2v) is 8.37. The number of hydrogen-bond acceptors (Lipinski definition) is 5. The number of nitrogens with one attached hydrogen (secondary N) is 1. The normalized spacial score (nSPS) is 20.0. The van der Waals surface area contributed by atoms with Gasteiger partial charge in [0.2, 0.25) is 0 Å². The Morgan fingerprint density at radius 3 is 2.63 bits per heavy atom. The zero-order valence-electron chi connectivity index (χ0n) is 17.0. The lowest BCUT2D eigenvalue weighted by atomic mass is 9.92. The van der Waals surface area contributed by atoms with Crippen LogP contribution in [0.15, 0.2) is 30.5 Å². The molecule has 160 valence electrons. The lowest BCUT2D eigenvalue weighted by Crippen LogP contribution is -2.54. The molecule has 1 aromatic heterocycles. The molecule has 3 rings (SSSR count). The van der Waals surface area contributed by atoms with Gasteiger partial charge in [-0.25, -0.2) is 4.79 Å². The smallest absolute Gasteiger partial charge is 0.407 e. The van der Waals surface area contributed by atoms with Crippen LogP contribution in [0.25, 0.3) is 10.9 Å². The van der Waals surface area contributed by atoms with Gasteiger partial charge in [-0.1, -0.05) is 0 Å². The molecule has 2 heterocycles. The molecule has 2 unspecified atom stereocenters. The van der Waals surface area contributed by atoms with Gasteiger partial charge in [0.1, 0.15) is 11.7 Å². The predicted octanol–water partition coefficient (Wildman–Crippen LogP) is 4.39. The van der Waals surface area contributed by atoms with Crippen LogP contribution in [0.1, 0.15) is 32.8 Å². The summed E-state index contributed by atoms with van der Waals surface area (Å²) in [4.78, 5) is 18.0. The van der Waals surface area contributed by atoms with Gasteiger partial charge in [0.15, 0.2) is 0 Å². The second-order valence-electron chi connectivity index (χ2n) is 8.37. The van der Waals surface area contributed by atoms with Crippen LogP contribution >= 0.6 is 0 Å². The third-order valence-electron chi connectivity index (χ3n) is 4.84. The summed E-state index contributed by atoms with van der Waals surface area (Å²) in [6.45, 7) is 5.00. The molecule has 2 atom stereocenters. The van der Waals surface area contributed by atoms with Crippen molar-refractivity contribution >= 4 is 22.7 Å². The van der Waals surface area contributed by atoms with Gasteiger partial charge in [-0.05, 0) is 51.5 Å². The molecule has 0 bridgehead atoms. The van der Waals surface area contributed by atoms with E-state index in [0.717, 1.165) is 0 Å². The summed E-state index contributed by atoms with van der Waals surface area (Å²) in [6.07, 6.45) is -3.85. The molecule has 0 saturated carbocycles. The Balaban J connectivity index is 1.93. The second kappa shape index (κ2) is 8.01. The van der Waals surface area contributed by atoms with Crippen molar-refractivity contribution in [3.05, 3.63) is 36.0 Å². The van der Waals surface area contributed by atoms with Gasteiger partial charge in [-0.3, -0.25) is 4.98 Å². The number of alkyl carbamates (subject to hydrolysis) is 1. The molecule has 2 aromatic rings. The molecule has 30 heavy (non-hydrogen) atoms. The first-order valence-corrected chi connectivity index (χ1v) is 9.57. The van der Waals surface area contributed by atoms with E-state index in [1.165, 1.54) is 6.20 Å². The van der Waals surface area contributed by atoms with E-state index in [1.54, 1.807) is 49.9 Å². The standard InChI is InChI=1S/C21H23F3N4O2/c1-20(2,3)30-19(29)27-15-9-14(21(22,23)24)11-28(12-15)17-7-6-13(10-25)18-16(17)5-4-8-26-18/h4-8,14-15H,9,11-12H2,1-3H3,(H,27,29). The Bertz CT molecular complexity index is 979. The Morgan fingerprint density at radius 1 is 1.27 bits per heavy atom. The Kier molecular flexibility index (Phi) is 5.79. The summed E-state index contributed by atoms with van der Waals surface area (Å²) in [5.41, 5.74) is 0.573. The van der Waals surface area contributed by atoms with Gasteiger partial charge in [-0.2, -0.15) is 18.4 Å². The van der Waals surface area contributed by atoms with Crippen LogP contribution in [0.5, 0.6) is 0 Å². The van der Waals surface area contributed by atoms with Crippen LogP contribution in [0.3, 0.4) is 0 Å². The summed E-state index contributed by atoms with van der Waals surface area (Å²) in [5, 5.41) is 12.5. The van der Waals surface area contributed by atoms with E-state index in [-0.39, 0.29) is 19.5 Å². The fourth-order valence-electron chi connectivity index (χ4n) is 3.64. The van der Waals surface area contributed by atoms with E-state index >= 15 is 0 Å². The number of ether oxygens (including phenoxy) is 1. The van der Waals surface area contributed by atoms with E-state index in [9.17, 15) is 23.2 Å². The maximum Gasteiger partial charge on any atom is 0.407 e. The van der Waals surface area contributed by atoms with Crippen molar-refractivity contribution in [2.75, 3.05) is 18.0 Å². The quantitative estimate of drug-likeness (QED) is 0.780. The molecule has 0 aliphatic carbocycles. The predicted molar refractivity (Wildman–Crippen MR) is 106 cm³/mol. The molecule has 6 nitrogen and oxygen atoms in total. The fourth-order valence-corrected chi connectivity index (χ4v) is 3.64. The van der Waals surface area contributed by atoms with Crippen molar-refractivity contribution in [3.8, 4) is 6.07 Å². The number of rotatable bonds is 2. The molecular weight excluding hydrogens is 397 g/mol. The van der Waals surface area contributed by atoms with Gasteiger partial charge in [0.25, 0.3) is 0 Å². The Morgan fingerprint density at radius 2 is 2.00 bits per heavy atom. The Hall–Kier alpha value is -3.02. The van der Waals surface area contributed by atoms with E-state index in [0.29, 0.717) is 22.2 Å². The van der Waals surface area contributed by atoms with Gasteiger partial charge < -0.3 is 15.0 Å². The zero-order valence-corrected chi connectivity index (χ0v) is 17.0. The molecule has 1 N–H and O–H groups in total. The van der Waals surface area contributed by atoms with Crippen molar-refractivity contribution < 1.29 is 22.7 Å². The molecule has 9 heteroatoms. The molecule has 1 aliphatic heterocycles. The monoisotopic (exact) mass is 420 g/mol. The van der Waals surface area contributed by atoms with E-state index in [1.807, 2.05) is 0 Å². The van der Waals surface area contributed by atoms with Gasteiger partial charge >= 0.3 is 12.3 Å². The van der Waals surface area contributed by atoms with Crippen LogP contribution in [-0.4, -0.2) is 42.0 Å². The highest BCUT2D eigenvalue weighted by Gasteiger charge is 2.45. The van der Waals surface area contributed by atoms with E-state index in [4.69, 9.17) is 4.74 Å². The SMILES string of the molecule is CC(C)(C)OC(=O)NC1CC(C(F)(F)F)CN(c2ccc(C#N)c3ncccc23)C1. The Labute approximate surface area is 172 Å². The number of fused-ring (bicyclic) bond motifs is 1. The number of piperidine rings is 1. The first-order valence-electron chi connectivity index (χ1n) is 9.57. The van der Waals surface area contributed by atoms with Gasteiger partial charge in [-0.15, -0.1) is 0 Å². The van der Waals surface area contributed by atoms with Crippen LogP contribution in [0.2, 0.25) is 0 Å². The molecule has 1 amide bonds. The van der Waals surface area contributed by atoms with Crippen molar-refractivity contribution in [2.24, 2.45) is 5.92 Å². The van der Waals surface area contributed by atoms with E-state index in [2.05, 4.69) is 16.4 Å². The lowest BCUT2D eigenvalue weighted by molar-refractivity contribution is -0.177. The number of hydrogen-bond donors (Lipinski definition) is 1. The van der Waals surface area contributed by atoms with Crippen LogP contribution in [0, 0.1) is 17.2 Å². The highest BCUT2D eigenvalue weighted by atomic mass is 19.4. The molecule has 1 aliphatic rings. The highest BCUT2D eigenvalue weighted by molar-refractivity contribution is 5.95. The summed E-state index contributed by atoms with van der Waals surface area (Å²) in [6, 6.07) is 7.90. The number of pyridine rings is 1. The molecular formula is C21H23F3N4O2. The number of halogens is 3. The minimum absolute atomic E-state index is 0.182. The molecule has 1 aromatic carbocycles. The first kappa shape index (κ1) is 21.7. The van der Waals surface area contributed by atoms with Gasteiger partial charge in [0, 0.05) is 30.4 Å². The number of alkyl halides is 3. The summed E-state index contributed by atoms with van der Waals surface area (Å²) in [7, 11) is 0. The number of nitrogens with zero attached hydrogens (tertiary/aromatic N) is 3. The number of nitriles is 1. The van der Waals surface area contributed by atoms with Crippen LogP contribution in [0.4, 0.5) is 23.7 Å². The van der Waals surface area contributed by atoms with Crippen LogP contribution in [-0.2, 0) is 4.74 Å². The summed E-state index contributed by atoms with van der Waals surface area (Å²) in [5.74, 6) is -1.62. The first-order chi connectivity index (χ1) is 14.0. The van der Waals surface area contributed by atoms with Gasteiger partial charge in [0.05, 0.1) is 23.0 Å². The van der Waals surface area contributed by atoms with Crippen molar-refractivity contribution in [1.29, 1.82) is 5.26 Å². The maximum atomic E-state index is 13.6. The van der Waals surface area contributed by atoms with E-state index < -0.39 is 29.8 Å². The topological polar surface area (TPSA) is 78.2 Å². The van der Waals surface area contributed by atoms with Crippen molar-refractivity contribution in [3.63, 3.8) is 0 Å². The number of aromatic nitrogens is 1. The third-order valence-corrected chi connectivity index (χ3v) is 4.84. The summed E-state index contributed by atoms with van der Waals surface area (Å²) < 4.78 is 46.1. The van der Waals surface area contributed by atoms with Crippen molar-refractivity contribution in [1.82, 2.24) is 10.3 Å². The average Bonchev–Trinajstić information content (AvgIpc) is 2.64. The number of benzene rings is 1. The zero-order chi connectivity index (χ0) is 22.1. The highest BCUT2D eigenvalue weighted by Crippen LogP contribution is 2.37. The minimum Gasteiger partial charge on any atom is -0.444 e. The molecule has 1 fully saturated rings. The lowest BCUT2D eigenvalue weighted by Gasteiger charge is -2.40. The number of amides is 1. The third kappa shape index (κ3) is 4.93. The average molecular weight is 420 g/mol. The van der Waals surface area contributed by atoms with Crippen molar-refractivity contribution in [2.45, 2.75) is 45.0 Å². The minimum atomic E-state index is -4.41. The van der Waals surface area contributed by atoms with Crippen LogP contribution < -0.4 is 10.2 Å². The number of carbonyl (C=O) groups is 1. The summed E-state index contributed by atoms with van der Waals surface area (Å²) >= 11 is 0. The molecule has 0 spiro atoms. The molecule has 1 saturated heterocycles. The molecule has 0 radical (unpaired) electrons. The fraction of sp³-hybridized carbons (Fsp3) is 0.476. The largest absolute Gasteiger partial charge is 0.444 e. The number of anilines is 1.